The van der Waals surface area contributed by atoms with Crippen LogP contribution in [0.2, 0.25) is 0 Å². The molecule has 5 nitrogen and oxygen atoms in total. The van der Waals surface area contributed by atoms with Gasteiger partial charge in [0.1, 0.15) is 5.82 Å². The van der Waals surface area contributed by atoms with Crippen LogP contribution in [-0.4, -0.2) is 37.1 Å². The van der Waals surface area contributed by atoms with Crippen molar-refractivity contribution < 1.29 is 9.18 Å². The summed E-state index contributed by atoms with van der Waals surface area (Å²) in [6.07, 6.45) is 5.39. The lowest BCUT2D eigenvalue weighted by atomic mass is 9.91. The number of hydrogen-bond acceptors (Lipinski definition) is 3. The zero-order valence-electron chi connectivity index (χ0n) is 17.2. The van der Waals surface area contributed by atoms with Gasteiger partial charge in [-0.05, 0) is 87.0 Å². The Kier molecular flexibility index (Phi) is 8.22. The maximum atomic E-state index is 13.1. The highest BCUT2D eigenvalue weighted by Crippen LogP contribution is 2.21. The van der Waals surface area contributed by atoms with Gasteiger partial charge in [0.15, 0.2) is 0 Å². The Bertz CT molecular complexity index is 862. The largest absolute Gasteiger partial charge is 0.338 e. The molecular weight excluding hydrogens is 379 g/mol. The SMILES string of the molecule is N#Cc1cccc(NC(=O)NCCCCN2CCCC(Cc3ccc(F)cc3)C2)c1. The number of piperidine rings is 1. The van der Waals surface area contributed by atoms with Crippen LogP contribution in [0, 0.1) is 23.1 Å². The monoisotopic (exact) mass is 408 g/mol. The number of rotatable bonds is 8. The quantitative estimate of drug-likeness (QED) is 0.630. The molecule has 0 aromatic heterocycles. The first kappa shape index (κ1) is 21.8. The summed E-state index contributed by atoms with van der Waals surface area (Å²) >= 11 is 0. The number of nitriles is 1. The molecule has 1 heterocycles. The lowest BCUT2D eigenvalue weighted by Crippen LogP contribution is -2.37. The summed E-state index contributed by atoms with van der Waals surface area (Å²) in [5.41, 5.74) is 2.35. The zero-order chi connectivity index (χ0) is 21.2. The summed E-state index contributed by atoms with van der Waals surface area (Å²) in [7, 11) is 0. The van der Waals surface area contributed by atoms with Crippen LogP contribution in [0.1, 0.15) is 36.8 Å². The van der Waals surface area contributed by atoms with Crippen molar-refractivity contribution in [1.29, 1.82) is 5.26 Å². The van der Waals surface area contributed by atoms with Crippen LogP contribution >= 0.6 is 0 Å². The number of carbonyl (C=O) groups is 1. The molecule has 2 aromatic rings. The van der Waals surface area contributed by atoms with Crippen LogP contribution in [0.4, 0.5) is 14.9 Å². The second-order valence-corrected chi connectivity index (χ2v) is 7.92. The van der Waals surface area contributed by atoms with Gasteiger partial charge in [0.25, 0.3) is 0 Å². The van der Waals surface area contributed by atoms with E-state index in [9.17, 15) is 9.18 Å². The zero-order valence-corrected chi connectivity index (χ0v) is 17.2. The molecule has 1 fully saturated rings. The van der Waals surface area contributed by atoms with Gasteiger partial charge in [-0.25, -0.2) is 9.18 Å². The van der Waals surface area contributed by atoms with Crippen molar-refractivity contribution in [3.05, 3.63) is 65.5 Å². The van der Waals surface area contributed by atoms with Crippen LogP contribution in [0.5, 0.6) is 0 Å². The van der Waals surface area contributed by atoms with Crippen LogP contribution in [0.15, 0.2) is 48.5 Å². The number of nitrogens with zero attached hydrogens (tertiary/aromatic N) is 2. The van der Waals surface area contributed by atoms with Gasteiger partial charge in [0.2, 0.25) is 0 Å². The Morgan fingerprint density at radius 1 is 1.20 bits per heavy atom. The molecule has 0 aliphatic carbocycles. The molecule has 2 N–H and O–H groups in total. The highest BCUT2D eigenvalue weighted by Gasteiger charge is 2.19. The number of carbonyl (C=O) groups excluding carboxylic acids is 1. The number of halogens is 1. The van der Waals surface area contributed by atoms with Gasteiger partial charge in [0, 0.05) is 18.8 Å². The molecule has 0 saturated carbocycles. The van der Waals surface area contributed by atoms with Crippen molar-refractivity contribution in [2.75, 3.05) is 31.5 Å². The van der Waals surface area contributed by atoms with Crippen molar-refractivity contribution in [2.45, 2.75) is 32.1 Å². The maximum Gasteiger partial charge on any atom is 0.319 e. The van der Waals surface area contributed by atoms with E-state index in [1.807, 2.05) is 12.1 Å². The predicted molar refractivity (Wildman–Crippen MR) is 117 cm³/mol. The Morgan fingerprint density at radius 2 is 2.03 bits per heavy atom. The summed E-state index contributed by atoms with van der Waals surface area (Å²) in [5, 5.41) is 14.5. The van der Waals surface area contributed by atoms with Gasteiger partial charge < -0.3 is 15.5 Å². The minimum Gasteiger partial charge on any atom is -0.338 e. The molecule has 0 bridgehead atoms. The summed E-state index contributed by atoms with van der Waals surface area (Å²) in [6, 6.07) is 15.5. The topological polar surface area (TPSA) is 68.2 Å². The lowest BCUT2D eigenvalue weighted by molar-refractivity contribution is 0.171. The van der Waals surface area contributed by atoms with Crippen LogP contribution in [0.25, 0.3) is 0 Å². The number of hydrogen-bond donors (Lipinski definition) is 2. The number of anilines is 1. The molecule has 158 valence electrons. The Hall–Kier alpha value is -2.91. The molecule has 1 saturated heterocycles. The van der Waals surface area contributed by atoms with Gasteiger partial charge in [-0.3, -0.25) is 0 Å². The van der Waals surface area contributed by atoms with E-state index in [0.717, 1.165) is 38.9 Å². The minimum absolute atomic E-state index is 0.179. The van der Waals surface area contributed by atoms with Gasteiger partial charge in [-0.15, -0.1) is 0 Å². The normalized spacial score (nSPS) is 16.6. The molecule has 2 aromatic carbocycles. The number of unbranched alkanes of at least 4 members (excludes halogenated alkanes) is 1. The molecule has 2 amide bonds. The highest BCUT2D eigenvalue weighted by molar-refractivity contribution is 5.89. The number of urea groups is 1. The second kappa shape index (κ2) is 11.3. The Morgan fingerprint density at radius 3 is 2.83 bits per heavy atom. The summed E-state index contributed by atoms with van der Waals surface area (Å²) in [6.45, 7) is 3.87. The van der Waals surface area contributed by atoms with Crippen molar-refractivity contribution in [3.63, 3.8) is 0 Å². The van der Waals surface area contributed by atoms with E-state index in [-0.39, 0.29) is 11.8 Å². The van der Waals surface area contributed by atoms with Gasteiger partial charge >= 0.3 is 6.03 Å². The summed E-state index contributed by atoms with van der Waals surface area (Å²) in [4.78, 5) is 14.5. The smallest absolute Gasteiger partial charge is 0.319 e. The van der Waals surface area contributed by atoms with E-state index >= 15 is 0 Å². The summed E-state index contributed by atoms with van der Waals surface area (Å²) in [5.74, 6) is 0.444. The first-order chi connectivity index (χ1) is 14.6. The van der Waals surface area contributed by atoms with Crippen molar-refractivity contribution >= 4 is 11.7 Å². The number of benzene rings is 2. The molecule has 1 aliphatic heterocycles. The molecular formula is C24H29FN4O. The highest BCUT2D eigenvalue weighted by atomic mass is 19.1. The van der Waals surface area contributed by atoms with Gasteiger partial charge in [-0.2, -0.15) is 5.26 Å². The van der Waals surface area contributed by atoms with Crippen molar-refractivity contribution in [2.24, 2.45) is 5.92 Å². The number of nitrogens with one attached hydrogen (secondary N) is 2. The molecule has 0 spiro atoms. The molecule has 1 aliphatic rings. The first-order valence-corrected chi connectivity index (χ1v) is 10.6. The average molecular weight is 409 g/mol. The Labute approximate surface area is 177 Å². The summed E-state index contributed by atoms with van der Waals surface area (Å²) < 4.78 is 13.1. The average Bonchev–Trinajstić information content (AvgIpc) is 2.75. The molecule has 1 atom stereocenters. The minimum atomic E-state index is -0.248. The van der Waals surface area contributed by atoms with E-state index in [1.165, 1.54) is 18.4 Å². The standard InChI is InChI=1S/C24H29FN4O/c25-22-10-8-19(9-11-22)15-21-6-4-14-29(18-21)13-2-1-12-27-24(30)28-23-7-3-5-20(16-23)17-26/h3,5,7-11,16,21H,1-2,4,6,12-15,18H2,(H2,27,28,30). The predicted octanol–water partition coefficient (Wildman–Crippen LogP) is 4.55. The van der Waals surface area contributed by atoms with Crippen LogP contribution in [-0.2, 0) is 6.42 Å². The molecule has 6 heteroatoms. The van der Waals surface area contributed by atoms with Crippen LogP contribution in [0.3, 0.4) is 0 Å². The van der Waals surface area contributed by atoms with E-state index < -0.39 is 0 Å². The fraction of sp³-hybridized carbons (Fsp3) is 0.417. The van der Waals surface area contributed by atoms with E-state index in [2.05, 4.69) is 21.6 Å². The van der Waals surface area contributed by atoms with Gasteiger partial charge in [-0.1, -0.05) is 18.2 Å². The number of amides is 2. The fourth-order valence-corrected chi connectivity index (χ4v) is 3.98. The molecule has 3 rings (SSSR count). The van der Waals surface area contributed by atoms with E-state index in [0.29, 0.717) is 23.7 Å². The van der Waals surface area contributed by atoms with E-state index in [4.69, 9.17) is 5.26 Å². The number of likely N-dealkylation sites (tertiary alicyclic amines) is 1. The third-order valence-corrected chi connectivity index (χ3v) is 5.48. The van der Waals surface area contributed by atoms with Crippen molar-refractivity contribution in [1.82, 2.24) is 10.2 Å². The second-order valence-electron chi connectivity index (χ2n) is 7.92. The first-order valence-electron chi connectivity index (χ1n) is 10.6. The fourth-order valence-electron chi connectivity index (χ4n) is 3.98. The Balaban J connectivity index is 1.30. The van der Waals surface area contributed by atoms with E-state index in [1.54, 1.807) is 36.4 Å². The molecule has 0 radical (unpaired) electrons. The van der Waals surface area contributed by atoms with Crippen molar-refractivity contribution in [3.8, 4) is 6.07 Å². The third-order valence-electron chi connectivity index (χ3n) is 5.48. The van der Waals surface area contributed by atoms with Crippen LogP contribution < -0.4 is 10.6 Å². The molecule has 1 unspecified atom stereocenters. The lowest BCUT2D eigenvalue weighted by Gasteiger charge is -2.32. The maximum absolute atomic E-state index is 13.1. The van der Waals surface area contributed by atoms with Gasteiger partial charge in [0.05, 0.1) is 11.6 Å². The molecule has 30 heavy (non-hydrogen) atoms. The third kappa shape index (κ3) is 7.16.